The number of carbonyl (C=O) groups excluding carboxylic acids is 3. The average molecular weight is 387 g/mol. The maximum absolute atomic E-state index is 12.8. The fourth-order valence-electron chi connectivity index (χ4n) is 2.58. The number of nitrogens with one attached hydrogen (secondary N) is 4. The van der Waals surface area contributed by atoms with Gasteiger partial charge in [-0.1, -0.05) is 12.1 Å². The highest BCUT2D eigenvalue weighted by Crippen LogP contribution is 2.07. The quantitative estimate of drug-likeness (QED) is 0.512. The van der Waals surface area contributed by atoms with Gasteiger partial charge in [-0.25, -0.2) is 4.39 Å². The minimum absolute atomic E-state index is 0.148. The number of likely N-dealkylation sites (N-methyl/N-ethyl adjacent to an activating group) is 1. The molecule has 3 amide bonds. The first kappa shape index (κ1) is 21.0. The Kier molecular flexibility index (Phi) is 7.65. The molecule has 0 aliphatic carbocycles. The predicted octanol–water partition coefficient (Wildman–Crippen LogP) is -0.0451. The molecule has 0 bridgehead atoms. The third-order valence-electron chi connectivity index (χ3n) is 3.99. The van der Waals surface area contributed by atoms with Crippen LogP contribution >= 0.6 is 0 Å². The standard InChI is InChI=1S/C20H23FN4O3/c1-22-20(28)15-5-3-14(4-6-15)12-25(2)13-19(27)23-11-18(26)24-17-9-7-16(21)8-10-17/h3-10H,11-13H2,1-2H3,(H,22,28)(H,23,27)(H,24,26)/p+1. The lowest BCUT2D eigenvalue weighted by molar-refractivity contribution is -0.885. The van der Waals surface area contributed by atoms with Crippen LogP contribution in [0, 0.1) is 5.82 Å². The van der Waals surface area contributed by atoms with Crippen LogP contribution in [0.5, 0.6) is 0 Å². The van der Waals surface area contributed by atoms with Crippen molar-refractivity contribution in [3.8, 4) is 0 Å². The number of benzene rings is 2. The third-order valence-corrected chi connectivity index (χ3v) is 3.99. The van der Waals surface area contributed by atoms with Gasteiger partial charge in [0.2, 0.25) is 5.91 Å². The Morgan fingerprint density at radius 1 is 0.964 bits per heavy atom. The van der Waals surface area contributed by atoms with E-state index in [1.165, 1.54) is 24.3 Å². The van der Waals surface area contributed by atoms with Crippen molar-refractivity contribution in [1.82, 2.24) is 10.6 Å². The lowest BCUT2D eigenvalue weighted by Gasteiger charge is -2.14. The van der Waals surface area contributed by atoms with Crippen molar-refractivity contribution < 1.29 is 23.7 Å². The predicted molar refractivity (Wildman–Crippen MR) is 103 cm³/mol. The van der Waals surface area contributed by atoms with E-state index in [1.54, 1.807) is 19.2 Å². The van der Waals surface area contributed by atoms with E-state index < -0.39 is 0 Å². The molecule has 1 unspecified atom stereocenters. The summed E-state index contributed by atoms with van der Waals surface area (Å²) in [5.41, 5.74) is 2.03. The van der Waals surface area contributed by atoms with Crippen LogP contribution < -0.4 is 20.9 Å². The van der Waals surface area contributed by atoms with Gasteiger partial charge in [0.05, 0.1) is 13.6 Å². The Labute approximate surface area is 162 Å². The molecule has 28 heavy (non-hydrogen) atoms. The van der Waals surface area contributed by atoms with Gasteiger partial charge in [0.25, 0.3) is 11.8 Å². The number of amides is 3. The van der Waals surface area contributed by atoms with E-state index >= 15 is 0 Å². The van der Waals surface area contributed by atoms with Gasteiger partial charge < -0.3 is 20.9 Å². The largest absolute Gasteiger partial charge is 0.355 e. The lowest BCUT2D eigenvalue weighted by atomic mass is 10.1. The molecule has 0 aliphatic heterocycles. The molecule has 0 fully saturated rings. The van der Waals surface area contributed by atoms with E-state index in [9.17, 15) is 18.8 Å². The fourth-order valence-corrected chi connectivity index (χ4v) is 2.58. The first-order valence-corrected chi connectivity index (χ1v) is 8.82. The molecule has 0 radical (unpaired) electrons. The van der Waals surface area contributed by atoms with Gasteiger partial charge in [-0.3, -0.25) is 14.4 Å². The van der Waals surface area contributed by atoms with Crippen molar-refractivity contribution in [2.75, 3.05) is 32.5 Å². The Bertz CT molecular complexity index is 822. The van der Waals surface area contributed by atoms with Gasteiger partial charge in [-0.15, -0.1) is 0 Å². The van der Waals surface area contributed by atoms with Crippen LogP contribution in [0.4, 0.5) is 10.1 Å². The summed E-state index contributed by atoms with van der Waals surface area (Å²) < 4.78 is 12.8. The summed E-state index contributed by atoms with van der Waals surface area (Å²) in [5, 5.41) is 7.70. The van der Waals surface area contributed by atoms with Crippen LogP contribution in [-0.2, 0) is 16.1 Å². The summed E-state index contributed by atoms with van der Waals surface area (Å²) in [7, 11) is 3.44. The van der Waals surface area contributed by atoms with E-state index in [1.807, 2.05) is 19.2 Å². The van der Waals surface area contributed by atoms with Gasteiger partial charge in [0.15, 0.2) is 6.54 Å². The molecule has 0 spiro atoms. The zero-order chi connectivity index (χ0) is 20.5. The third kappa shape index (κ3) is 6.81. The van der Waals surface area contributed by atoms with Crippen LogP contribution in [0.15, 0.2) is 48.5 Å². The highest BCUT2D eigenvalue weighted by molar-refractivity contribution is 5.94. The molecule has 0 heterocycles. The molecule has 2 aromatic rings. The van der Waals surface area contributed by atoms with E-state index in [2.05, 4.69) is 16.0 Å². The Hall–Kier alpha value is -3.26. The van der Waals surface area contributed by atoms with Crippen LogP contribution in [0.1, 0.15) is 15.9 Å². The number of rotatable bonds is 8. The Morgan fingerprint density at radius 3 is 2.21 bits per heavy atom. The monoisotopic (exact) mass is 387 g/mol. The van der Waals surface area contributed by atoms with Crippen LogP contribution in [0.2, 0.25) is 0 Å². The molecule has 4 N–H and O–H groups in total. The molecule has 148 valence electrons. The molecule has 8 heteroatoms. The smallest absolute Gasteiger partial charge is 0.275 e. The van der Waals surface area contributed by atoms with E-state index in [0.717, 1.165) is 10.5 Å². The lowest BCUT2D eigenvalue weighted by Crippen LogP contribution is -3.08. The second-order valence-corrected chi connectivity index (χ2v) is 6.42. The summed E-state index contributed by atoms with van der Waals surface area (Å²) in [6.07, 6.45) is 0. The SMILES string of the molecule is CNC(=O)c1ccc(C[NH+](C)CC(=O)NCC(=O)Nc2ccc(F)cc2)cc1. The number of anilines is 1. The molecule has 7 nitrogen and oxygen atoms in total. The zero-order valence-corrected chi connectivity index (χ0v) is 15.8. The second-order valence-electron chi connectivity index (χ2n) is 6.42. The molecular formula is C20H24FN4O3+. The second kappa shape index (κ2) is 10.2. The van der Waals surface area contributed by atoms with Crippen molar-refractivity contribution in [3.63, 3.8) is 0 Å². The number of hydrogen-bond donors (Lipinski definition) is 4. The minimum atomic E-state index is -0.388. The summed E-state index contributed by atoms with van der Waals surface area (Å²) in [4.78, 5) is 36.3. The molecule has 0 aromatic heterocycles. The zero-order valence-electron chi connectivity index (χ0n) is 15.8. The highest BCUT2D eigenvalue weighted by Gasteiger charge is 2.12. The van der Waals surface area contributed by atoms with E-state index in [4.69, 9.17) is 0 Å². The molecule has 0 saturated heterocycles. The highest BCUT2D eigenvalue weighted by atomic mass is 19.1. The summed E-state index contributed by atoms with van der Waals surface area (Å²) in [5.74, 6) is -1.18. The van der Waals surface area contributed by atoms with Crippen LogP contribution in [0.3, 0.4) is 0 Å². The minimum Gasteiger partial charge on any atom is -0.355 e. The van der Waals surface area contributed by atoms with E-state index in [0.29, 0.717) is 17.8 Å². The summed E-state index contributed by atoms with van der Waals surface area (Å²) >= 11 is 0. The Balaban J connectivity index is 1.73. The number of hydrogen-bond acceptors (Lipinski definition) is 3. The molecule has 0 aliphatic rings. The van der Waals surface area contributed by atoms with Crippen molar-refractivity contribution in [2.24, 2.45) is 0 Å². The molecule has 2 aromatic carbocycles. The van der Waals surface area contributed by atoms with Gasteiger partial charge in [0, 0.05) is 23.9 Å². The van der Waals surface area contributed by atoms with Gasteiger partial charge in [0.1, 0.15) is 12.4 Å². The fraction of sp³-hybridized carbons (Fsp3) is 0.250. The maximum Gasteiger partial charge on any atom is 0.275 e. The average Bonchev–Trinajstić information content (AvgIpc) is 2.68. The number of carbonyl (C=O) groups is 3. The number of quaternary nitrogens is 1. The summed E-state index contributed by atoms with van der Waals surface area (Å²) in [6.45, 7) is 0.633. The van der Waals surface area contributed by atoms with Crippen molar-refractivity contribution in [3.05, 3.63) is 65.5 Å². The summed E-state index contributed by atoms with van der Waals surface area (Å²) in [6, 6.07) is 12.6. The van der Waals surface area contributed by atoms with E-state index in [-0.39, 0.29) is 36.6 Å². The first-order chi connectivity index (χ1) is 13.4. The maximum atomic E-state index is 12.8. The van der Waals surface area contributed by atoms with Gasteiger partial charge in [-0.05, 0) is 36.4 Å². The van der Waals surface area contributed by atoms with Gasteiger partial charge in [-0.2, -0.15) is 0 Å². The van der Waals surface area contributed by atoms with Crippen molar-refractivity contribution >= 4 is 23.4 Å². The molecule has 0 saturated carbocycles. The molecule has 2 rings (SSSR count). The van der Waals surface area contributed by atoms with Crippen molar-refractivity contribution in [2.45, 2.75) is 6.54 Å². The van der Waals surface area contributed by atoms with Crippen molar-refractivity contribution in [1.29, 1.82) is 0 Å². The topological polar surface area (TPSA) is 91.7 Å². The van der Waals surface area contributed by atoms with Crippen LogP contribution in [0.25, 0.3) is 0 Å². The Morgan fingerprint density at radius 2 is 1.61 bits per heavy atom. The number of halogens is 1. The van der Waals surface area contributed by atoms with Crippen LogP contribution in [-0.4, -0.2) is 44.9 Å². The molecular weight excluding hydrogens is 363 g/mol. The normalized spacial score (nSPS) is 11.4. The van der Waals surface area contributed by atoms with Gasteiger partial charge >= 0.3 is 0 Å². The first-order valence-electron chi connectivity index (χ1n) is 8.82. The molecule has 1 atom stereocenters.